The fourth-order valence-corrected chi connectivity index (χ4v) is 3.28. The molecule has 0 saturated carbocycles. The number of urea groups is 1. The number of anilines is 2. The van der Waals surface area contributed by atoms with Crippen molar-refractivity contribution in [3.8, 4) is 0 Å². The third-order valence-electron chi connectivity index (χ3n) is 4.95. The standard InChI is InChI=1S/C20H28N6O/c1-13(2)15-6-8-16(9-7-15)22-20(27)23-18-12-26(11-17(18)21-4)19-10-5-14(3)24-25-19/h5-10,13,17-18,21H,11-12H2,1-4H3,(H2,22,23,27)/t17-,18+/m1/s1. The number of carbonyl (C=O) groups is 1. The molecule has 1 aromatic carbocycles. The van der Waals surface area contributed by atoms with E-state index in [0.29, 0.717) is 12.5 Å². The third kappa shape index (κ3) is 4.74. The second-order valence-electron chi connectivity index (χ2n) is 7.31. The van der Waals surface area contributed by atoms with E-state index in [9.17, 15) is 4.79 Å². The van der Waals surface area contributed by atoms with Gasteiger partial charge in [0.05, 0.1) is 11.7 Å². The van der Waals surface area contributed by atoms with Gasteiger partial charge in [-0.05, 0) is 49.7 Å². The van der Waals surface area contributed by atoms with Crippen molar-refractivity contribution in [2.75, 3.05) is 30.4 Å². The van der Waals surface area contributed by atoms with E-state index in [0.717, 1.165) is 23.7 Å². The van der Waals surface area contributed by atoms with E-state index in [1.165, 1.54) is 5.56 Å². The van der Waals surface area contributed by atoms with Crippen LogP contribution in [0.15, 0.2) is 36.4 Å². The Morgan fingerprint density at radius 1 is 1.07 bits per heavy atom. The highest BCUT2D eigenvalue weighted by molar-refractivity contribution is 5.89. The van der Waals surface area contributed by atoms with Crippen molar-refractivity contribution in [3.63, 3.8) is 0 Å². The van der Waals surface area contributed by atoms with Gasteiger partial charge in [-0.2, -0.15) is 5.10 Å². The summed E-state index contributed by atoms with van der Waals surface area (Å²) in [5.41, 5.74) is 2.93. The lowest BCUT2D eigenvalue weighted by Crippen LogP contribution is -2.49. The topological polar surface area (TPSA) is 82.2 Å². The Kier molecular flexibility index (Phi) is 5.91. The van der Waals surface area contributed by atoms with E-state index in [4.69, 9.17) is 0 Å². The minimum absolute atomic E-state index is 0.0203. The van der Waals surface area contributed by atoms with Gasteiger partial charge in [0.15, 0.2) is 5.82 Å². The van der Waals surface area contributed by atoms with Crippen molar-refractivity contribution in [3.05, 3.63) is 47.7 Å². The van der Waals surface area contributed by atoms with Crippen molar-refractivity contribution < 1.29 is 4.79 Å². The molecule has 1 fully saturated rings. The molecule has 1 saturated heterocycles. The summed E-state index contributed by atoms with van der Waals surface area (Å²) in [7, 11) is 1.91. The first-order valence-electron chi connectivity index (χ1n) is 9.36. The highest BCUT2D eigenvalue weighted by atomic mass is 16.2. The van der Waals surface area contributed by atoms with Gasteiger partial charge in [-0.1, -0.05) is 26.0 Å². The maximum Gasteiger partial charge on any atom is 0.319 e. The molecule has 27 heavy (non-hydrogen) atoms. The molecule has 2 amide bonds. The number of aryl methyl sites for hydroxylation is 1. The minimum atomic E-state index is -0.200. The van der Waals surface area contributed by atoms with E-state index < -0.39 is 0 Å². The summed E-state index contributed by atoms with van der Waals surface area (Å²) in [4.78, 5) is 14.6. The number of likely N-dealkylation sites (N-methyl/N-ethyl adjacent to an activating group) is 1. The molecule has 0 bridgehead atoms. The number of nitrogens with zero attached hydrogens (tertiary/aromatic N) is 3. The molecule has 1 aliphatic rings. The van der Waals surface area contributed by atoms with E-state index in [1.54, 1.807) is 0 Å². The molecule has 1 aromatic heterocycles. The van der Waals surface area contributed by atoms with E-state index in [1.807, 2.05) is 50.4 Å². The number of rotatable bonds is 5. The number of amides is 2. The number of aromatic nitrogens is 2. The average molecular weight is 368 g/mol. The molecule has 0 unspecified atom stereocenters. The van der Waals surface area contributed by atoms with Crippen molar-refractivity contribution in [1.29, 1.82) is 0 Å². The average Bonchev–Trinajstić information content (AvgIpc) is 3.05. The monoisotopic (exact) mass is 368 g/mol. The molecule has 2 heterocycles. The largest absolute Gasteiger partial charge is 0.351 e. The van der Waals surface area contributed by atoms with Crippen LogP contribution in [0.1, 0.15) is 31.0 Å². The normalized spacial score (nSPS) is 19.4. The number of carbonyl (C=O) groups excluding carboxylic acids is 1. The van der Waals surface area contributed by atoms with Gasteiger partial charge in [-0.25, -0.2) is 4.79 Å². The van der Waals surface area contributed by atoms with Crippen LogP contribution in [0.2, 0.25) is 0 Å². The summed E-state index contributed by atoms with van der Waals surface area (Å²) in [6.45, 7) is 7.67. The first kappa shape index (κ1) is 19.1. The van der Waals surface area contributed by atoms with Crippen LogP contribution in [0.3, 0.4) is 0 Å². The number of nitrogens with one attached hydrogen (secondary N) is 3. The molecule has 3 N–H and O–H groups in total. The summed E-state index contributed by atoms with van der Waals surface area (Å²) in [6.07, 6.45) is 0. The van der Waals surface area contributed by atoms with Gasteiger partial charge in [0.1, 0.15) is 0 Å². The second-order valence-corrected chi connectivity index (χ2v) is 7.31. The van der Waals surface area contributed by atoms with E-state index >= 15 is 0 Å². The van der Waals surface area contributed by atoms with Gasteiger partial charge in [-0.15, -0.1) is 5.10 Å². The van der Waals surface area contributed by atoms with Crippen molar-refractivity contribution >= 4 is 17.5 Å². The maximum atomic E-state index is 12.4. The van der Waals surface area contributed by atoms with Crippen LogP contribution < -0.4 is 20.9 Å². The van der Waals surface area contributed by atoms with Crippen LogP contribution in [0.25, 0.3) is 0 Å². The third-order valence-corrected chi connectivity index (χ3v) is 4.95. The van der Waals surface area contributed by atoms with Crippen molar-refractivity contribution in [2.24, 2.45) is 0 Å². The van der Waals surface area contributed by atoms with Gasteiger partial charge < -0.3 is 20.9 Å². The predicted octanol–water partition coefficient (Wildman–Crippen LogP) is 2.51. The summed E-state index contributed by atoms with van der Waals surface area (Å²) >= 11 is 0. The van der Waals surface area contributed by atoms with Crippen LogP contribution in [-0.4, -0.2) is 48.4 Å². The lowest BCUT2D eigenvalue weighted by Gasteiger charge is -2.19. The smallest absolute Gasteiger partial charge is 0.319 e. The van der Waals surface area contributed by atoms with Crippen LogP contribution in [0.5, 0.6) is 0 Å². The Balaban J connectivity index is 1.59. The predicted molar refractivity (Wildman–Crippen MR) is 108 cm³/mol. The number of benzene rings is 1. The van der Waals surface area contributed by atoms with Crippen LogP contribution >= 0.6 is 0 Å². The zero-order valence-electron chi connectivity index (χ0n) is 16.4. The molecular weight excluding hydrogens is 340 g/mol. The summed E-state index contributed by atoms with van der Waals surface area (Å²) in [5.74, 6) is 1.30. The Bertz CT molecular complexity index is 759. The Morgan fingerprint density at radius 2 is 1.78 bits per heavy atom. The molecule has 2 atom stereocenters. The molecule has 1 aliphatic heterocycles. The lowest BCUT2D eigenvalue weighted by atomic mass is 10.0. The van der Waals surface area contributed by atoms with Crippen LogP contribution in [0.4, 0.5) is 16.3 Å². The van der Waals surface area contributed by atoms with Crippen LogP contribution in [0, 0.1) is 6.92 Å². The first-order valence-corrected chi connectivity index (χ1v) is 9.36. The summed E-state index contributed by atoms with van der Waals surface area (Å²) < 4.78 is 0. The highest BCUT2D eigenvalue weighted by Gasteiger charge is 2.33. The fourth-order valence-electron chi connectivity index (χ4n) is 3.28. The highest BCUT2D eigenvalue weighted by Crippen LogP contribution is 2.19. The SMILES string of the molecule is CN[C@@H]1CN(c2ccc(C)nn2)C[C@@H]1NC(=O)Nc1ccc(C(C)C)cc1. The van der Waals surface area contributed by atoms with Crippen molar-refractivity contribution in [2.45, 2.75) is 38.8 Å². The Hall–Kier alpha value is -2.67. The van der Waals surface area contributed by atoms with Gasteiger partial charge in [0.25, 0.3) is 0 Å². The first-order chi connectivity index (χ1) is 13.0. The summed E-state index contributed by atoms with van der Waals surface area (Å²) in [5, 5.41) is 17.7. The molecule has 3 rings (SSSR count). The van der Waals surface area contributed by atoms with Gasteiger partial charge >= 0.3 is 6.03 Å². The quantitative estimate of drug-likeness (QED) is 0.755. The molecule has 0 aliphatic carbocycles. The zero-order chi connectivity index (χ0) is 19.4. The number of hydrogen-bond donors (Lipinski definition) is 3. The van der Waals surface area contributed by atoms with E-state index in [-0.39, 0.29) is 18.1 Å². The van der Waals surface area contributed by atoms with Crippen molar-refractivity contribution in [1.82, 2.24) is 20.8 Å². The second kappa shape index (κ2) is 8.35. The van der Waals surface area contributed by atoms with Gasteiger partial charge in [0, 0.05) is 24.8 Å². The molecule has 144 valence electrons. The maximum absolute atomic E-state index is 12.4. The molecular formula is C20H28N6O. The Labute approximate surface area is 160 Å². The lowest BCUT2D eigenvalue weighted by molar-refractivity contribution is 0.247. The minimum Gasteiger partial charge on any atom is -0.351 e. The molecule has 0 radical (unpaired) electrons. The van der Waals surface area contributed by atoms with Gasteiger partial charge in [0.2, 0.25) is 0 Å². The molecule has 2 aromatic rings. The summed E-state index contributed by atoms with van der Waals surface area (Å²) in [6, 6.07) is 11.8. The molecule has 0 spiro atoms. The van der Waals surface area contributed by atoms with Crippen LogP contribution in [-0.2, 0) is 0 Å². The molecule has 7 heteroatoms. The Morgan fingerprint density at radius 3 is 2.37 bits per heavy atom. The zero-order valence-corrected chi connectivity index (χ0v) is 16.4. The van der Waals surface area contributed by atoms with Gasteiger partial charge in [-0.3, -0.25) is 0 Å². The number of hydrogen-bond acceptors (Lipinski definition) is 5. The molecule has 7 nitrogen and oxygen atoms in total. The fraction of sp³-hybridized carbons (Fsp3) is 0.450. The van der Waals surface area contributed by atoms with E-state index in [2.05, 4.69) is 44.9 Å².